The minimum atomic E-state index is -0.944. The van der Waals surface area contributed by atoms with Crippen LogP contribution in [0.25, 0.3) is 0 Å². The van der Waals surface area contributed by atoms with Crippen molar-refractivity contribution in [3.8, 4) is 11.5 Å². The van der Waals surface area contributed by atoms with E-state index in [2.05, 4.69) is 10.2 Å². The number of nitrogens with zero attached hydrogens (tertiary/aromatic N) is 1. The number of fused-ring (bicyclic) bond motifs is 1. The Balaban J connectivity index is 1.64. The predicted octanol–water partition coefficient (Wildman–Crippen LogP) is 3.73. The van der Waals surface area contributed by atoms with Crippen LogP contribution in [0.4, 0.5) is 15.8 Å². The number of amides is 1. The van der Waals surface area contributed by atoms with Gasteiger partial charge in [0.25, 0.3) is 0 Å². The molecule has 1 unspecified atom stereocenters. The molecule has 1 atom stereocenters. The summed E-state index contributed by atoms with van der Waals surface area (Å²) in [7, 11) is 0. The number of benzene rings is 2. The third kappa shape index (κ3) is 4.55. The van der Waals surface area contributed by atoms with Crippen LogP contribution in [-0.4, -0.2) is 50.2 Å². The third-order valence-corrected chi connectivity index (χ3v) is 5.69. The lowest BCUT2D eigenvalue weighted by atomic mass is 9.90. The van der Waals surface area contributed by atoms with Gasteiger partial charge in [-0.1, -0.05) is 6.07 Å². The molecule has 1 amide bonds. The Hall–Kier alpha value is -3.13. The Morgan fingerprint density at radius 3 is 2.75 bits per heavy atom. The molecule has 2 aliphatic heterocycles. The third-order valence-electron chi connectivity index (χ3n) is 5.69. The number of rotatable bonds is 5. The summed E-state index contributed by atoms with van der Waals surface area (Å²) in [6.07, 6.45) is 0.0673. The number of hydrogen-bond acceptors (Lipinski definition) is 6. The van der Waals surface area contributed by atoms with Crippen molar-refractivity contribution >= 4 is 23.1 Å². The summed E-state index contributed by atoms with van der Waals surface area (Å²) in [6.45, 7) is 7.51. The molecule has 4 rings (SSSR count). The minimum Gasteiger partial charge on any atom is -0.489 e. The molecule has 0 saturated carbocycles. The van der Waals surface area contributed by atoms with Gasteiger partial charge in [-0.3, -0.25) is 9.59 Å². The molecule has 0 aromatic heterocycles. The van der Waals surface area contributed by atoms with Crippen LogP contribution in [0.2, 0.25) is 0 Å². The van der Waals surface area contributed by atoms with Gasteiger partial charge in [-0.25, -0.2) is 4.39 Å². The average molecular weight is 442 g/mol. The first-order chi connectivity index (χ1) is 15.3. The van der Waals surface area contributed by atoms with E-state index in [9.17, 15) is 14.0 Å². The quantitative estimate of drug-likeness (QED) is 0.760. The second-order valence-electron chi connectivity index (χ2n) is 8.45. The number of carbonyl (C=O) groups is 2. The number of ether oxygens (including phenoxy) is 3. The lowest BCUT2D eigenvalue weighted by Crippen LogP contribution is -2.45. The standard InChI is InChI=1S/C24H27FN2O5/c1-15-18(25)5-4-6-21(15)31-14-24(3)13-20(29)23-19(26-16(2)28)11-17(12-22(23)32-24)27-7-9-30-10-8-27/h4-6,11-12H,7-10,13-14H2,1-3H3,(H,26,28). The van der Waals surface area contributed by atoms with Gasteiger partial charge in [0.05, 0.1) is 30.9 Å². The molecule has 7 nitrogen and oxygen atoms in total. The van der Waals surface area contributed by atoms with Gasteiger partial charge in [-0.05, 0) is 32.0 Å². The molecule has 32 heavy (non-hydrogen) atoms. The largest absolute Gasteiger partial charge is 0.489 e. The fraction of sp³-hybridized carbons (Fsp3) is 0.417. The van der Waals surface area contributed by atoms with Crippen LogP contribution in [0, 0.1) is 12.7 Å². The number of anilines is 2. The Labute approximate surface area is 186 Å². The molecule has 0 spiro atoms. The summed E-state index contributed by atoms with van der Waals surface area (Å²) in [6, 6.07) is 8.27. The molecule has 0 bridgehead atoms. The highest BCUT2D eigenvalue weighted by Crippen LogP contribution is 2.41. The van der Waals surface area contributed by atoms with Crippen molar-refractivity contribution in [1.82, 2.24) is 0 Å². The number of morpholine rings is 1. The number of hydrogen-bond donors (Lipinski definition) is 1. The van der Waals surface area contributed by atoms with E-state index >= 15 is 0 Å². The van der Waals surface area contributed by atoms with Crippen LogP contribution in [0.15, 0.2) is 30.3 Å². The Morgan fingerprint density at radius 1 is 1.28 bits per heavy atom. The first kappa shape index (κ1) is 22.1. The molecule has 0 aliphatic carbocycles. The fourth-order valence-corrected chi connectivity index (χ4v) is 4.05. The molecule has 2 aromatic rings. The van der Waals surface area contributed by atoms with Crippen molar-refractivity contribution in [3.05, 3.63) is 47.3 Å². The average Bonchev–Trinajstić information content (AvgIpc) is 2.74. The van der Waals surface area contributed by atoms with Crippen LogP contribution in [-0.2, 0) is 9.53 Å². The topological polar surface area (TPSA) is 77.1 Å². The van der Waals surface area contributed by atoms with Crippen molar-refractivity contribution in [1.29, 1.82) is 0 Å². The van der Waals surface area contributed by atoms with E-state index in [1.165, 1.54) is 13.0 Å². The zero-order valence-electron chi connectivity index (χ0n) is 18.5. The number of halogens is 1. The van der Waals surface area contributed by atoms with Crippen LogP contribution >= 0.6 is 0 Å². The lowest BCUT2D eigenvalue weighted by molar-refractivity contribution is -0.114. The van der Waals surface area contributed by atoms with Gasteiger partial charge in [0, 0.05) is 37.3 Å². The first-order valence-corrected chi connectivity index (χ1v) is 10.6. The molecule has 1 fully saturated rings. The van der Waals surface area contributed by atoms with Gasteiger partial charge >= 0.3 is 0 Å². The van der Waals surface area contributed by atoms with E-state index in [0.717, 1.165) is 5.69 Å². The van der Waals surface area contributed by atoms with Gasteiger partial charge in [0.15, 0.2) is 5.78 Å². The maximum Gasteiger partial charge on any atom is 0.221 e. The number of nitrogens with one attached hydrogen (secondary N) is 1. The summed E-state index contributed by atoms with van der Waals surface area (Å²) < 4.78 is 31.4. The Bertz CT molecular complexity index is 1050. The summed E-state index contributed by atoms with van der Waals surface area (Å²) >= 11 is 0. The maximum atomic E-state index is 13.9. The first-order valence-electron chi connectivity index (χ1n) is 10.6. The number of carbonyl (C=O) groups excluding carboxylic acids is 2. The molecule has 1 saturated heterocycles. The van der Waals surface area contributed by atoms with E-state index in [4.69, 9.17) is 14.2 Å². The molecule has 170 valence electrons. The van der Waals surface area contributed by atoms with Crippen LogP contribution in [0.1, 0.15) is 36.2 Å². The van der Waals surface area contributed by atoms with Gasteiger partial charge < -0.3 is 24.4 Å². The second kappa shape index (κ2) is 8.78. The van der Waals surface area contributed by atoms with Crippen molar-refractivity contribution in [2.45, 2.75) is 32.8 Å². The van der Waals surface area contributed by atoms with E-state index in [-0.39, 0.29) is 30.5 Å². The van der Waals surface area contributed by atoms with Crippen LogP contribution in [0.3, 0.4) is 0 Å². The summed E-state index contributed by atoms with van der Waals surface area (Å²) in [5, 5.41) is 2.77. The molecule has 0 radical (unpaired) electrons. The highest BCUT2D eigenvalue weighted by molar-refractivity contribution is 6.08. The lowest BCUT2D eigenvalue weighted by Gasteiger charge is -2.37. The summed E-state index contributed by atoms with van der Waals surface area (Å²) in [4.78, 5) is 27.1. The zero-order valence-corrected chi connectivity index (χ0v) is 18.5. The Morgan fingerprint density at radius 2 is 2.03 bits per heavy atom. The van der Waals surface area contributed by atoms with Crippen molar-refractivity contribution < 1.29 is 28.2 Å². The molecular formula is C24H27FN2O5. The highest BCUT2D eigenvalue weighted by atomic mass is 19.1. The van der Waals surface area contributed by atoms with Crippen molar-refractivity contribution in [2.24, 2.45) is 0 Å². The fourth-order valence-electron chi connectivity index (χ4n) is 4.05. The molecule has 2 heterocycles. The normalized spacial score (nSPS) is 20.4. The SMILES string of the molecule is CC(=O)Nc1cc(N2CCOCC2)cc2c1C(=O)CC(C)(COc1cccc(F)c1C)O2. The molecule has 2 aromatic carbocycles. The maximum absolute atomic E-state index is 13.9. The van der Waals surface area contributed by atoms with Crippen LogP contribution < -0.4 is 19.7 Å². The molecule has 2 aliphatic rings. The van der Waals surface area contributed by atoms with Crippen molar-refractivity contribution in [2.75, 3.05) is 43.1 Å². The zero-order chi connectivity index (χ0) is 22.9. The minimum absolute atomic E-state index is 0.0673. The smallest absolute Gasteiger partial charge is 0.221 e. The van der Waals surface area contributed by atoms with E-state index < -0.39 is 5.60 Å². The van der Waals surface area contributed by atoms with Crippen molar-refractivity contribution in [3.63, 3.8) is 0 Å². The van der Waals surface area contributed by atoms with E-state index in [1.54, 1.807) is 26.0 Å². The summed E-state index contributed by atoms with van der Waals surface area (Å²) in [5.74, 6) is 0.0434. The number of Topliss-reactive ketones (excluding diaryl/α,β-unsaturated/α-hetero) is 1. The molecular weight excluding hydrogens is 415 g/mol. The highest BCUT2D eigenvalue weighted by Gasteiger charge is 2.39. The monoisotopic (exact) mass is 442 g/mol. The Kier molecular flexibility index (Phi) is 6.06. The van der Waals surface area contributed by atoms with E-state index in [0.29, 0.717) is 54.6 Å². The van der Waals surface area contributed by atoms with Crippen LogP contribution in [0.5, 0.6) is 11.5 Å². The molecule has 8 heteroatoms. The number of ketones is 1. The van der Waals surface area contributed by atoms with Gasteiger partial charge in [0.1, 0.15) is 29.5 Å². The van der Waals surface area contributed by atoms with Gasteiger partial charge in [-0.15, -0.1) is 0 Å². The second-order valence-corrected chi connectivity index (χ2v) is 8.45. The van der Waals surface area contributed by atoms with E-state index in [1.807, 2.05) is 12.1 Å². The van der Waals surface area contributed by atoms with Gasteiger partial charge in [0.2, 0.25) is 5.91 Å². The predicted molar refractivity (Wildman–Crippen MR) is 118 cm³/mol. The summed E-state index contributed by atoms with van der Waals surface area (Å²) in [5.41, 5.74) is 1.10. The van der Waals surface area contributed by atoms with Gasteiger partial charge in [-0.2, -0.15) is 0 Å². The molecule has 1 N–H and O–H groups in total.